The second-order valence-corrected chi connectivity index (χ2v) is 12.0. The van der Waals surface area contributed by atoms with E-state index < -0.39 is 30.0 Å². The van der Waals surface area contributed by atoms with Crippen molar-refractivity contribution in [2.75, 3.05) is 7.05 Å². The number of rotatable bonds is 13. The quantitative estimate of drug-likeness (QED) is 0.223. The first kappa shape index (κ1) is 34.6. The lowest BCUT2D eigenvalue weighted by molar-refractivity contribution is -0.145. The van der Waals surface area contributed by atoms with Gasteiger partial charge in [0, 0.05) is 54.8 Å². The van der Waals surface area contributed by atoms with E-state index in [2.05, 4.69) is 20.6 Å². The lowest BCUT2D eigenvalue weighted by atomic mass is 9.88. The molecule has 1 fully saturated rings. The van der Waals surface area contributed by atoms with Crippen LogP contribution in [0.4, 0.5) is 0 Å². The van der Waals surface area contributed by atoms with Crippen molar-refractivity contribution in [1.29, 1.82) is 0 Å². The molecular formula is C33H44ClN5O5. The Balaban J connectivity index is 0.00000529. The summed E-state index contributed by atoms with van der Waals surface area (Å²) in [5.41, 5.74) is 2.23. The molecule has 0 radical (unpaired) electrons. The predicted molar refractivity (Wildman–Crippen MR) is 171 cm³/mol. The number of hydrogen-bond donors (Lipinski definition) is 4. The molecule has 3 atom stereocenters. The number of H-pyrrole nitrogens is 1. The first-order valence-electron chi connectivity index (χ1n) is 15.2. The largest absolute Gasteiger partial charge is 0.480 e. The lowest BCUT2D eigenvalue weighted by Gasteiger charge is -2.33. The second kappa shape index (κ2) is 16.2. The SMILES string of the molecule is CC(C)C[C@@H](NC(=O)C1CCCCC1)C(=O)N(C)[C@@H](Cc1c[nH]c2ccccc12)C(=O)N[C@H](Cc1ccccn1)C(=O)O.Cl. The number of amides is 3. The van der Waals surface area contributed by atoms with Gasteiger partial charge < -0.3 is 25.6 Å². The number of carbonyl (C=O) groups is 4. The lowest BCUT2D eigenvalue weighted by Crippen LogP contribution is -2.57. The molecule has 0 aliphatic heterocycles. The maximum absolute atomic E-state index is 14.0. The predicted octanol–water partition coefficient (Wildman–Crippen LogP) is 4.28. The summed E-state index contributed by atoms with van der Waals surface area (Å²) in [4.78, 5) is 62.1. The number of carbonyl (C=O) groups excluding carboxylic acids is 3. The van der Waals surface area contributed by atoms with E-state index in [1.54, 1.807) is 31.4 Å². The Hall–Kier alpha value is -3.92. The van der Waals surface area contributed by atoms with Gasteiger partial charge in [-0.25, -0.2) is 4.79 Å². The zero-order chi connectivity index (χ0) is 30.9. The van der Waals surface area contributed by atoms with Gasteiger partial charge >= 0.3 is 5.97 Å². The molecule has 0 spiro atoms. The molecule has 238 valence electrons. The van der Waals surface area contributed by atoms with Crippen LogP contribution in [0, 0.1) is 11.8 Å². The smallest absolute Gasteiger partial charge is 0.326 e. The van der Waals surface area contributed by atoms with Crippen molar-refractivity contribution in [3.63, 3.8) is 0 Å². The molecule has 1 aromatic carbocycles. The molecule has 4 rings (SSSR count). The van der Waals surface area contributed by atoms with Gasteiger partial charge in [0.25, 0.3) is 0 Å². The third kappa shape index (κ3) is 9.05. The van der Waals surface area contributed by atoms with Gasteiger partial charge in [-0.2, -0.15) is 0 Å². The summed E-state index contributed by atoms with van der Waals surface area (Å²) in [5.74, 6) is -2.29. The number of nitrogens with one attached hydrogen (secondary N) is 3. The van der Waals surface area contributed by atoms with E-state index in [0.29, 0.717) is 12.1 Å². The van der Waals surface area contributed by atoms with E-state index in [1.807, 2.05) is 44.3 Å². The Morgan fingerprint density at radius 1 is 0.977 bits per heavy atom. The van der Waals surface area contributed by atoms with E-state index in [1.165, 1.54) is 4.90 Å². The second-order valence-electron chi connectivity index (χ2n) is 12.0. The van der Waals surface area contributed by atoms with Gasteiger partial charge in [0.15, 0.2) is 0 Å². The number of halogens is 1. The van der Waals surface area contributed by atoms with Crippen LogP contribution in [0.1, 0.15) is 63.6 Å². The van der Waals surface area contributed by atoms with Crippen molar-refractivity contribution in [1.82, 2.24) is 25.5 Å². The molecule has 4 N–H and O–H groups in total. The topological polar surface area (TPSA) is 144 Å². The summed E-state index contributed by atoms with van der Waals surface area (Å²) in [6.07, 6.45) is 8.66. The molecule has 10 nitrogen and oxygen atoms in total. The fourth-order valence-corrected chi connectivity index (χ4v) is 5.86. The van der Waals surface area contributed by atoms with E-state index >= 15 is 0 Å². The summed E-state index contributed by atoms with van der Waals surface area (Å²) in [6.45, 7) is 3.97. The molecule has 11 heteroatoms. The Kier molecular flexibility index (Phi) is 12.8. The standard InChI is InChI=1S/C33H43N5O5.ClH/c1-21(2)17-27(36-30(39)22-11-5-4-6-12-22)32(41)38(3)29(18-23-20-35-26-15-8-7-14-25(23)26)31(40)37-28(33(42)43)19-24-13-9-10-16-34-24;/h7-10,13-16,20-22,27-29,35H,4-6,11-12,17-19H2,1-3H3,(H,36,39)(H,37,40)(H,42,43);1H/t27-,28-,29+;/m1./s1. The Bertz CT molecular complexity index is 1410. The summed E-state index contributed by atoms with van der Waals surface area (Å²) in [7, 11) is 1.55. The molecule has 3 aromatic rings. The third-order valence-corrected chi connectivity index (χ3v) is 8.26. The highest BCUT2D eigenvalue weighted by Gasteiger charge is 2.36. The van der Waals surface area contributed by atoms with Gasteiger partial charge in [0.1, 0.15) is 18.1 Å². The van der Waals surface area contributed by atoms with Crippen molar-refractivity contribution in [3.8, 4) is 0 Å². The number of carboxylic acids is 1. The number of pyridine rings is 1. The highest BCUT2D eigenvalue weighted by atomic mass is 35.5. The van der Waals surface area contributed by atoms with Crippen molar-refractivity contribution >= 4 is 47.0 Å². The minimum Gasteiger partial charge on any atom is -0.480 e. The zero-order valence-electron chi connectivity index (χ0n) is 25.6. The van der Waals surface area contributed by atoms with Crippen LogP contribution in [-0.2, 0) is 32.0 Å². The third-order valence-electron chi connectivity index (χ3n) is 8.26. The summed E-state index contributed by atoms with van der Waals surface area (Å²) in [6, 6.07) is 9.78. The van der Waals surface area contributed by atoms with Crippen molar-refractivity contribution in [3.05, 3.63) is 66.1 Å². The van der Waals surface area contributed by atoms with Gasteiger partial charge in [-0.15, -0.1) is 12.4 Å². The number of aromatic amines is 1. The minimum absolute atomic E-state index is 0. The Labute approximate surface area is 264 Å². The van der Waals surface area contributed by atoms with E-state index in [0.717, 1.165) is 48.6 Å². The number of aliphatic carboxylic acids is 1. The van der Waals surface area contributed by atoms with Crippen molar-refractivity contribution in [2.24, 2.45) is 11.8 Å². The molecule has 2 heterocycles. The van der Waals surface area contributed by atoms with Crippen molar-refractivity contribution < 1.29 is 24.3 Å². The van der Waals surface area contributed by atoms with Gasteiger partial charge in [0.05, 0.1) is 0 Å². The number of nitrogens with zero attached hydrogens (tertiary/aromatic N) is 2. The summed E-state index contributed by atoms with van der Waals surface area (Å²) in [5, 5.41) is 16.5. The van der Waals surface area contributed by atoms with E-state index in [9.17, 15) is 24.3 Å². The Morgan fingerprint density at radius 3 is 2.34 bits per heavy atom. The average Bonchev–Trinajstić information content (AvgIpc) is 3.41. The maximum Gasteiger partial charge on any atom is 0.326 e. The van der Waals surface area contributed by atoms with E-state index in [-0.39, 0.29) is 48.9 Å². The molecular weight excluding hydrogens is 582 g/mol. The molecule has 44 heavy (non-hydrogen) atoms. The van der Waals surface area contributed by atoms with Crippen LogP contribution in [0.3, 0.4) is 0 Å². The number of hydrogen-bond acceptors (Lipinski definition) is 5. The molecule has 0 bridgehead atoms. The van der Waals surface area contributed by atoms with Gasteiger partial charge in [-0.1, -0.05) is 57.4 Å². The van der Waals surface area contributed by atoms with Crippen LogP contribution in [0.2, 0.25) is 0 Å². The monoisotopic (exact) mass is 625 g/mol. The van der Waals surface area contributed by atoms with Gasteiger partial charge in [-0.3, -0.25) is 19.4 Å². The zero-order valence-corrected chi connectivity index (χ0v) is 26.4. The van der Waals surface area contributed by atoms with Crippen LogP contribution in [0.5, 0.6) is 0 Å². The normalized spacial score (nSPS) is 15.5. The number of likely N-dealkylation sites (N-methyl/N-ethyl adjacent to an activating group) is 1. The van der Waals surface area contributed by atoms with Crippen molar-refractivity contribution in [2.45, 2.75) is 83.3 Å². The van der Waals surface area contributed by atoms with Gasteiger partial charge in [-0.05, 0) is 48.9 Å². The average molecular weight is 626 g/mol. The summed E-state index contributed by atoms with van der Waals surface area (Å²) < 4.78 is 0. The number of para-hydroxylation sites is 1. The maximum atomic E-state index is 14.0. The fourth-order valence-electron chi connectivity index (χ4n) is 5.86. The highest BCUT2D eigenvalue weighted by Crippen LogP contribution is 2.25. The molecule has 0 unspecified atom stereocenters. The van der Waals surface area contributed by atoms with Crippen LogP contribution < -0.4 is 10.6 Å². The van der Waals surface area contributed by atoms with Crippen LogP contribution in [-0.4, -0.2) is 68.8 Å². The number of aromatic nitrogens is 2. The first-order valence-corrected chi connectivity index (χ1v) is 15.2. The molecule has 0 saturated heterocycles. The minimum atomic E-state index is -1.24. The van der Waals surface area contributed by atoms with Gasteiger partial charge in [0.2, 0.25) is 17.7 Å². The first-order chi connectivity index (χ1) is 20.6. The Morgan fingerprint density at radius 2 is 1.68 bits per heavy atom. The van der Waals surface area contributed by atoms with Crippen LogP contribution >= 0.6 is 12.4 Å². The molecule has 1 aliphatic rings. The number of carboxylic acid groups (broad SMARTS) is 1. The van der Waals surface area contributed by atoms with E-state index in [4.69, 9.17) is 0 Å². The fraction of sp³-hybridized carbons (Fsp3) is 0.485. The molecule has 2 aromatic heterocycles. The highest BCUT2D eigenvalue weighted by molar-refractivity contribution is 5.94. The van der Waals surface area contributed by atoms with Crippen LogP contribution in [0.15, 0.2) is 54.9 Å². The number of fused-ring (bicyclic) bond motifs is 1. The molecule has 1 saturated carbocycles. The van der Waals surface area contributed by atoms with Crippen LogP contribution in [0.25, 0.3) is 10.9 Å². The molecule has 3 amide bonds. The molecule has 1 aliphatic carbocycles. The number of benzene rings is 1. The summed E-state index contributed by atoms with van der Waals surface area (Å²) >= 11 is 0.